The molecule has 0 radical (unpaired) electrons. The Balaban J connectivity index is 2.53. The molecule has 0 aliphatic carbocycles. The molecule has 0 spiro atoms. The van der Waals surface area contributed by atoms with Crippen LogP contribution in [0, 0.1) is 11.7 Å². The summed E-state index contributed by atoms with van der Waals surface area (Å²) in [5.41, 5.74) is 1.81. The number of fused-ring (bicyclic) bond motifs is 1. The molecule has 1 N–H and O–H groups in total. The second-order valence-electron chi connectivity index (χ2n) is 4.67. The van der Waals surface area contributed by atoms with Gasteiger partial charge in [0.15, 0.2) is 0 Å². The summed E-state index contributed by atoms with van der Waals surface area (Å²) in [5.74, 6) is 2.96. The van der Waals surface area contributed by atoms with Crippen molar-refractivity contribution in [2.75, 3.05) is 19.4 Å². The fourth-order valence-electron chi connectivity index (χ4n) is 2.54. The highest BCUT2D eigenvalue weighted by Gasteiger charge is 2.29. The number of thioether (sulfide) groups is 1. The molecule has 1 aromatic rings. The first kappa shape index (κ1) is 13.7. The first-order valence-corrected chi connectivity index (χ1v) is 7.50. The summed E-state index contributed by atoms with van der Waals surface area (Å²) in [4.78, 5) is 0. The third-order valence-electron chi connectivity index (χ3n) is 3.41. The van der Waals surface area contributed by atoms with Crippen molar-refractivity contribution in [2.24, 2.45) is 5.92 Å². The normalized spacial score (nSPS) is 23.3. The maximum atomic E-state index is 14.2. The van der Waals surface area contributed by atoms with Crippen molar-refractivity contribution in [1.82, 2.24) is 5.32 Å². The van der Waals surface area contributed by atoms with E-state index < -0.39 is 0 Å². The number of rotatable bonds is 3. The lowest BCUT2D eigenvalue weighted by atomic mass is 9.91. The molecular formula is C14H20FNOS. The van der Waals surface area contributed by atoms with Crippen LogP contribution in [0.4, 0.5) is 4.39 Å². The minimum Gasteiger partial charge on any atom is -0.496 e. The van der Waals surface area contributed by atoms with Crippen molar-refractivity contribution in [2.45, 2.75) is 25.6 Å². The van der Waals surface area contributed by atoms with E-state index in [9.17, 15) is 4.39 Å². The van der Waals surface area contributed by atoms with Gasteiger partial charge in [-0.15, -0.1) is 0 Å². The van der Waals surface area contributed by atoms with Gasteiger partial charge in [-0.2, -0.15) is 11.8 Å². The lowest BCUT2D eigenvalue weighted by molar-refractivity contribution is 0.392. The van der Waals surface area contributed by atoms with Gasteiger partial charge in [-0.05, 0) is 30.3 Å². The van der Waals surface area contributed by atoms with Gasteiger partial charge in [-0.1, -0.05) is 13.8 Å². The molecule has 1 aromatic carbocycles. The minimum absolute atomic E-state index is 0.0788. The van der Waals surface area contributed by atoms with Crippen molar-refractivity contribution >= 4 is 11.8 Å². The van der Waals surface area contributed by atoms with E-state index in [0.717, 1.165) is 34.9 Å². The van der Waals surface area contributed by atoms with Crippen LogP contribution in [0.15, 0.2) is 12.1 Å². The summed E-state index contributed by atoms with van der Waals surface area (Å²) in [6.45, 7) is 5.08. The zero-order valence-electron chi connectivity index (χ0n) is 11.1. The Kier molecular flexibility index (Phi) is 4.51. The van der Waals surface area contributed by atoms with Crippen LogP contribution >= 0.6 is 11.8 Å². The average Bonchev–Trinajstić information content (AvgIpc) is 2.52. The maximum Gasteiger partial charge on any atom is 0.128 e. The highest BCUT2D eigenvalue weighted by atomic mass is 32.2. The molecule has 0 amide bonds. The van der Waals surface area contributed by atoms with Gasteiger partial charge in [0.25, 0.3) is 0 Å². The Labute approximate surface area is 112 Å². The van der Waals surface area contributed by atoms with Gasteiger partial charge in [0.05, 0.1) is 7.11 Å². The van der Waals surface area contributed by atoms with Gasteiger partial charge in [0.2, 0.25) is 0 Å². The van der Waals surface area contributed by atoms with Crippen LogP contribution in [0.1, 0.15) is 31.0 Å². The molecule has 2 nitrogen and oxygen atoms in total. The summed E-state index contributed by atoms with van der Waals surface area (Å²) in [6.07, 6.45) is 0. The second-order valence-corrected chi connectivity index (χ2v) is 5.70. The van der Waals surface area contributed by atoms with E-state index in [2.05, 4.69) is 19.2 Å². The number of methoxy groups -OCH3 is 1. The largest absolute Gasteiger partial charge is 0.496 e. The van der Waals surface area contributed by atoms with Crippen LogP contribution in [0.5, 0.6) is 5.75 Å². The monoisotopic (exact) mass is 269 g/mol. The Hall–Kier alpha value is -0.740. The molecule has 0 aromatic heterocycles. The molecule has 0 bridgehead atoms. The molecule has 2 atom stereocenters. The van der Waals surface area contributed by atoms with Gasteiger partial charge in [0.1, 0.15) is 11.6 Å². The number of hydrogen-bond donors (Lipinski definition) is 1. The van der Waals surface area contributed by atoms with Crippen LogP contribution < -0.4 is 10.1 Å². The molecule has 100 valence electrons. The third kappa shape index (κ3) is 2.50. The first-order valence-electron chi connectivity index (χ1n) is 6.35. The first-order chi connectivity index (χ1) is 8.69. The van der Waals surface area contributed by atoms with E-state index >= 15 is 0 Å². The number of ether oxygens (including phenoxy) is 1. The van der Waals surface area contributed by atoms with Crippen molar-refractivity contribution in [1.29, 1.82) is 0 Å². The fraction of sp³-hybridized carbons (Fsp3) is 0.571. The van der Waals surface area contributed by atoms with Crippen molar-refractivity contribution in [3.63, 3.8) is 0 Å². The van der Waals surface area contributed by atoms with Crippen LogP contribution in [0.2, 0.25) is 0 Å². The van der Waals surface area contributed by atoms with Crippen LogP contribution in [-0.2, 0) is 5.75 Å². The molecule has 0 fully saturated rings. The standard InChI is InChI=1S/C14H20FNOS/c1-4-16-14-9(2)7-18-8-10-12(17-3)6-5-11(15)13(10)14/h5-6,9,14,16H,4,7-8H2,1-3H3. The SMILES string of the molecule is CCNC1c2c(F)ccc(OC)c2CSCC1C. The molecule has 1 aliphatic heterocycles. The zero-order valence-corrected chi connectivity index (χ0v) is 11.9. The molecule has 2 rings (SSSR count). The van der Waals surface area contributed by atoms with E-state index in [1.165, 1.54) is 6.07 Å². The smallest absolute Gasteiger partial charge is 0.128 e. The van der Waals surface area contributed by atoms with Gasteiger partial charge in [-0.3, -0.25) is 0 Å². The number of hydrogen-bond acceptors (Lipinski definition) is 3. The molecule has 0 saturated carbocycles. The van der Waals surface area contributed by atoms with E-state index in [1.807, 2.05) is 11.8 Å². The molecule has 2 unspecified atom stereocenters. The van der Waals surface area contributed by atoms with Gasteiger partial charge >= 0.3 is 0 Å². The lowest BCUT2D eigenvalue weighted by Crippen LogP contribution is -2.28. The van der Waals surface area contributed by atoms with Crippen LogP contribution in [0.25, 0.3) is 0 Å². The third-order valence-corrected chi connectivity index (χ3v) is 4.67. The van der Waals surface area contributed by atoms with E-state index in [-0.39, 0.29) is 11.9 Å². The van der Waals surface area contributed by atoms with Gasteiger partial charge in [-0.25, -0.2) is 4.39 Å². The molecule has 1 aliphatic rings. The second kappa shape index (κ2) is 5.93. The highest BCUT2D eigenvalue weighted by molar-refractivity contribution is 7.98. The minimum atomic E-state index is -0.119. The van der Waals surface area contributed by atoms with Crippen LogP contribution in [-0.4, -0.2) is 19.4 Å². The quantitative estimate of drug-likeness (QED) is 0.909. The van der Waals surface area contributed by atoms with Gasteiger partial charge < -0.3 is 10.1 Å². The fourth-order valence-corrected chi connectivity index (χ4v) is 3.73. The Morgan fingerprint density at radius 1 is 1.50 bits per heavy atom. The lowest BCUT2D eigenvalue weighted by Gasteiger charge is -2.25. The zero-order chi connectivity index (χ0) is 13.1. The summed E-state index contributed by atoms with van der Waals surface area (Å²) < 4.78 is 19.6. The summed E-state index contributed by atoms with van der Waals surface area (Å²) in [7, 11) is 1.65. The Bertz CT molecular complexity index is 425. The van der Waals surface area contributed by atoms with Crippen LogP contribution in [0.3, 0.4) is 0 Å². The molecular weight excluding hydrogens is 249 g/mol. The highest BCUT2D eigenvalue weighted by Crippen LogP contribution is 2.39. The summed E-state index contributed by atoms with van der Waals surface area (Å²) in [5, 5.41) is 3.41. The van der Waals surface area contributed by atoms with E-state index in [4.69, 9.17) is 4.74 Å². The topological polar surface area (TPSA) is 21.3 Å². The Morgan fingerprint density at radius 3 is 2.94 bits per heavy atom. The molecule has 1 heterocycles. The number of nitrogens with one attached hydrogen (secondary N) is 1. The predicted molar refractivity (Wildman–Crippen MR) is 74.7 cm³/mol. The molecule has 18 heavy (non-hydrogen) atoms. The maximum absolute atomic E-state index is 14.2. The van der Waals surface area contributed by atoms with Gasteiger partial charge in [0, 0.05) is 22.9 Å². The summed E-state index contributed by atoms with van der Waals surface area (Å²) in [6, 6.07) is 3.33. The number of benzene rings is 1. The van der Waals surface area contributed by atoms with Crippen molar-refractivity contribution in [3.05, 3.63) is 29.1 Å². The Morgan fingerprint density at radius 2 is 2.28 bits per heavy atom. The van der Waals surface area contributed by atoms with Crippen molar-refractivity contribution < 1.29 is 9.13 Å². The average molecular weight is 269 g/mol. The van der Waals surface area contributed by atoms with Crippen molar-refractivity contribution in [3.8, 4) is 5.75 Å². The number of halogens is 1. The van der Waals surface area contributed by atoms with E-state index in [0.29, 0.717) is 5.92 Å². The van der Waals surface area contributed by atoms with E-state index in [1.54, 1.807) is 13.2 Å². The predicted octanol–water partition coefficient (Wildman–Crippen LogP) is 3.37. The summed E-state index contributed by atoms with van der Waals surface area (Å²) >= 11 is 1.85. The molecule has 4 heteroatoms. The molecule has 0 saturated heterocycles.